The predicted molar refractivity (Wildman–Crippen MR) is 163 cm³/mol. The highest BCUT2D eigenvalue weighted by molar-refractivity contribution is 5.91. The van der Waals surface area contributed by atoms with Crippen LogP contribution in [0.5, 0.6) is 17.2 Å². The summed E-state index contributed by atoms with van der Waals surface area (Å²) in [5.74, 6) is -2.31. The molecule has 226 valence electrons. The van der Waals surface area contributed by atoms with Gasteiger partial charge in [0.1, 0.15) is 0 Å². The van der Waals surface area contributed by atoms with Gasteiger partial charge in [-0.25, -0.2) is 4.79 Å². The summed E-state index contributed by atoms with van der Waals surface area (Å²) in [6.45, 7) is 2.61. The van der Waals surface area contributed by atoms with Crippen molar-refractivity contribution in [3.8, 4) is 17.2 Å². The fraction of sp³-hybridized carbons (Fsp3) is 0.794. The molecule has 0 bridgehead atoms. The van der Waals surface area contributed by atoms with Gasteiger partial charge in [0.25, 0.3) is 0 Å². The molecule has 0 unspecified atom stereocenters. The number of phenolic OH excluding ortho intramolecular Hbond substituents is 3. The molecule has 3 N–H and O–H groups in total. The number of phenols is 3. The maximum Gasteiger partial charge on any atom is 0.338 e. The van der Waals surface area contributed by atoms with Gasteiger partial charge in [0.2, 0.25) is 0 Å². The molecule has 0 aromatic heterocycles. The van der Waals surface area contributed by atoms with Gasteiger partial charge in [-0.15, -0.1) is 0 Å². The zero-order chi connectivity index (χ0) is 28.4. The third-order valence-corrected chi connectivity index (χ3v) is 7.79. The van der Waals surface area contributed by atoms with E-state index < -0.39 is 23.2 Å². The summed E-state index contributed by atoms with van der Waals surface area (Å²) in [5, 5.41) is 28.3. The second-order valence-electron chi connectivity index (χ2n) is 11.5. The molecule has 5 heteroatoms. The monoisotopic (exact) mass is 548 g/mol. The fourth-order valence-corrected chi connectivity index (χ4v) is 5.21. The number of esters is 1. The lowest BCUT2D eigenvalue weighted by Gasteiger charge is -2.07. The Morgan fingerprint density at radius 1 is 0.513 bits per heavy atom. The molecule has 1 rings (SSSR count). The molecule has 0 saturated carbocycles. The van der Waals surface area contributed by atoms with E-state index in [9.17, 15) is 20.1 Å². The van der Waals surface area contributed by atoms with Crippen LogP contribution in [-0.2, 0) is 4.74 Å². The van der Waals surface area contributed by atoms with E-state index in [2.05, 4.69) is 6.92 Å². The maximum absolute atomic E-state index is 12.0. The van der Waals surface area contributed by atoms with Crippen LogP contribution in [0.1, 0.15) is 178 Å². The molecule has 0 fully saturated rings. The standard InChI is InChI=1S/C34H60O5/c1-2-3-4-5-6-7-8-9-10-11-12-13-14-15-16-17-18-19-20-21-22-23-24-25-26-27-39-34(38)30-28-31(35)33(37)32(36)29-30/h28-29,35-37H,2-27H2,1H3. The Bertz CT molecular complexity index is 695. The van der Waals surface area contributed by atoms with Gasteiger partial charge in [-0.2, -0.15) is 0 Å². The number of rotatable bonds is 27. The van der Waals surface area contributed by atoms with Gasteiger partial charge in [-0.1, -0.05) is 161 Å². The van der Waals surface area contributed by atoms with E-state index in [0.717, 1.165) is 31.4 Å². The van der Waals surface area contributed by atoms with E-state index in [-0.39, 0.29) is 5.56 Å². The van der Waals surface area contributed by atoms with Crippen LogP contribution in [0.25, 0.3) is 0 Å². The second-order valence-corrected chi connectivity index (χ2v) is 11.5. The van der Waals surface area contributed by atoms with Crippen molar-refractivity contribution >= 4 is 5.97 Å². The van der Waals surface area contributed by atoms with E-state index in [1.165, 1.54) is 141 Å². The minimum Gasteiger partial charge on any atom is -0.504 e. The smallest absolute Gasteiger partial charge is 0.338 e. The zero-order valence-corrected chi connectivity index (χ0v) is 25.2. The number of aromatic hydroxyl groups is 3. The van der Waals surface area contributed by atoms with Crippen molar-refractivity contribution in [3.63, 3.8) is 0 Å². The number of ether oxygens (including phenoxy) is 1. The first kappa shape index (κ1) is 35.1. The Labute approximate surface area is 239 Å². The first-order valence-corrected chi connectivity index (χ1v) is 16.5. The molecule has 0 radical (unpaired) electrons. The number of hydrogen-bond donors (Lipinski definition) is 3. The summed E-state index contributed by atoms with van der Waals surface area (Å²) < 4.78 is 5.19. The molecular formula is C34H60O5. The highest BCUT2D eigenvalue weighted by atomic mass is 16.5. The van der Waals surface area contributed by atoms with Crippen LogP contribution < -0.4 is 0 Å². The van der Waals surface area contributed by atoms with Crippen LogP contribution in [0.4, 0.5) is 0 Å². The molecule has 0 aliphatic heterocycles. The van der Waals surface area contributed by atoms with Gasteiger partial charge >= 0.3 is 5.97 Å². The lowest BCUT2D eigenvalue weighted by molar-refractivity contribution is 0.0496. The quantitative estimate of drug-likeness (QED) is 0.0578. The van der Waals surface area contributed by atoms with Crippen molar-refractivity contribution in [3.05, 3.63) is 17.7 Å². The summed E-state index contributed by atoms with van der Waals surface area (Å²) in [6, 6.07) is 2.19. The summed E-state index contributed by atoms with van der Waals surface area (Å²) >= 11 is 0. The van der Waals surface area contributed by atoms with E-state index >= 15 is 0 Å². The highest BCUT2D eigenvalue weighted by Crippen LogP contribution is 2.35. The van der Waals surface area contributed by atoms with Crippen LogP contribution in [0.2, 0.25) is 0 Å². The zero-order valence-electron chi connectivity index (χ0n) is 25.2. The van der Waals surface area contributed by atoms with Crippen molar-refractivity contribution in [2.75, 3.05) is 6.61 Å². The number of carbonyl (C=O) groups excluding carboxylic acids is 1. The Kier molecular flexibility index (Phi) is 22.6. The molecule has 39 heavy (non-hydrogen) atoms. The maximum atomic E-state index is 12.0. The van der Waals surface area contributed by atoms with Crippen molar-refractivity contribution in [2.45, 2.75) is 167 Å². The summed E-state index contributed by atoms with van der Waals surface area (Å²) in [5.41, 5.74) is 0.0300. The van der Waals surface area contributed by atoms with Crippen molar-refractivity contribution in [1.82, 2.24) is 0 Å². The molecule has 0 aliphatic carbocycles. The average Bonchev–Trinajstić information content (AvgIpc) is 2.93. The van der Waals surface area contributed by atoms with Crippen LogP contribution in [0.15, 0.2) is 12.1 Å². The molecule has 5 nitrogen and oxygen atoms in total. The summed E-state index contributed by atoms with van der Waals surface area (Å²) in [7, 11) is 0. The lowest BCUT2D eigenvalue weighted by Crippen LogP contribution is -2.06. The van der Waals surface area contributed by atoms with Gasteiger partial charge in [-0.3, -0.25) is 0 Å². The molecular weight excluding hydrogens is 488 g/mol. The minimum absolute atomic E-state index is 0.0300. The number of benzene rings is 1. The molecule has 1 aromatic carbocycles. The third kappa shape index (κ3) is 19.7. The molecule has 0 saturated heterocycles. The highest BCUT2D eigenvalue weighted by Gasteiger charge is 2.14. The van der Waals surface area contributed by atoms with Crippen molar-refractivity contribution in [2.24, 2.45) is 0 Å². The minimum atomic E-state index is -0.633. The van der Waals surface area contributed by atoms with E-state index in [1.807, 2.05) is 0 Å². The SMILES string of the molecule is CCCCCCCCCCCCCCCCCCCCCCCCCCCOC(=O)c1cc(O)c(O)c(O)c1. The van der Waals surface area contributed by atoms with E-state index in [0.29, 0.717) is 6.61 Å². The molecule has 0 atom stereocenters. The third-order valence-electron chi connectivity index (χ3n) is 7.79. The Morgan fingerprint density at radius 3 is 1.10 bits per heavy atom. The first-order valence-electron chi connectivity index (χ1n) is 16.5. The van der Waals surface area contributed by atoms with Crippen LogP contribution in [0, 0.1) is 0 Å². The van der Waals surface area contributed by atoms with E-state index in [1.54, 1.807) is 0 Å². The van der Waals surface area contributed by atoms with Crippen molar-refractivity contribution < 1.29 is 24.9 Å². The first-order chi connectivity index (χ1) is 19.1. The number of carbonyl (C=O) groups is 1. The van der Waals surface area contributed by atoms with Gasteiger partial charge in [0.15, 0.2) is 17.2 Å². The topological polar surface area (TPSA) is 87.0 Å². The Hall–Kier alpha value is -1.91. The predicted octanol–water partition coefficient (Wildman–Crippen LogP) is 10.7. The average molecular weight is 549 g/mol. The Balaban J connectivity index is 1.75. The second kappa shape index (κ2) is 25.1. The van der Waals surface area contributed by atoms with Crippen LogP contribution in [0.3, 0.4) is 0 Å². The number of hydrogen-bond acceptors (Lipinski definition) is 5. The van der Waals surface area contributed by atoms with Gasteiger partial charge in [0, 0.05) is 0 Å². The van der Waals surface area contributed by atoms with Gasteiger partial charge in [-0.05, 0) is 18.6 Å². The Morgan fingerprint density at radius 2 is 0.795 bits per heavy atom. The van der Waals surface area contributed by atoms with Crippen LogP contribution >= 0.6 is 0 Å². The lowest BCUT2D eigenvalue weighted by atomic mass is 10.0. The molecule has 1 aromatic rings. The summed E-state index contributed by atoms with van der Waals surface area (Å²) in [4.78, 5) is 12.0. The normalized spacial score (nSPS) is 11.2. The van der Waals surface area contributed by atoms with Gasteiger partial charge in [0.05, 0.1) is 12.2 Å². The largest absolute Gasteiger partial charge is 0.504 e. The molecule has 0 aliphatic rings. The van der Waals surface area contributed by atoms with Crippen molar-refractivity contribution in [1.29, 1.82) is 0 Å². The molecule has 0 amide bonds. The molecule has 0 spiro atoms. The van der Waals surface area contributed by atoms with E-state index in [4.69, 9.17) is 4.74 Å². The van der Waals surface area contributed by atoms with Gasteiger partial charge < -0.3 is 20.1 Å². The fourth-order valence-electron chi connectivity index (χ4n) is 5.21. The number of unbranched alkanes of at least 4 members (excludes halogenated alkanes) is 24. The summed E-state index contributed by atoms with van der Waals surface area (Å²) in [6.07, 6.45) is 33.9. The molecule has 0 heterocycles. The van der Waals surface area contributed by atoms with Crippen LogP contribution in [-0.4, -0.2) is 27.9 Å².